The van der Waals surface area contributed by atoms with Gasteiger partial charge < -0.3 is 19.1 Å². The number of hydrogen-bond acceptors (Lipinski definition) is 9. The van der Waals surface area contributed by atoms with Crippen molar-refractivity contribution >= 4 is 43.6 Å². The van der Waals surface area contributed by atoms with Gasteiger partial charge in [0, 0.05) is 36.0 Å². The minimum atomic E-state index is -1.37. The molecule has 10 nitrogen and oxygen atoms in total. The minimum absolute atomic E-state index is 0.0214. The molecule has 2 aromatic heterocycles. The van der Waals surface area contributed by atoms with Crippen molar-refractivity contribution in [1.82, 2.24) is 24.8 Å². The average Bonchev–Trinajstić information content (AvgIpc) is 3.81. The Bertz CT molecular complexity index is 2460. The minimum Gasteiger partial charge on any atom is -0.472 e. The van der Waals surface area contributed by atoms with Gasteiger partial charge in [-0.05, 0) is 92.4 Å². The number of fused-ring (bicyclic) bond motifs is 7. The number of ether oxygens (including phenoxy) is 3. The lowest BCUT2D eigenvalue weighted by Crippen LogP contribution is -2.65. The summed E-state index contributed by atoms with van der Waals surface area (Å²) in [5, 5.41) is 7.09. The Hall–Kier alpha value is -4.41. The summed E-state index contributed by atoms with van der Waals surface area (Å²) in [6.07, 6.45) is 1.90. The fourth-order valence-electron chi connectivity index (χ4n) is 11.7. The zero-order chi connectivity index (χ0) is 44.0. The first kappa shape index (κ1) is 42.9. The fourth-order valence-corrected chi connectivity index (χ4v) is 15.9. The zero-order valence-corrected chi connectivity index (χ0v) is 38.7. The molecule has 0 spiro atoms. The quantitative estimate of drug-likeness (QED) is 0.168. The third kappa shape index (κ3) is 7.02. The van der Waals surface area contributed by atoms with E-state index < -0.39 is 39.3 Å². The number of alkyl halides is 1. The summed E-state index contributed by atoms with van der Waals surface area (Å²) in [4.78, 5) is 35.0. The molecule has 2 bridgehead atoms. The van der Waals surface area contributed by atoms with Gasteiger partial charge in [-0.2, -0.15) is 20.0 Å². The van der Waals surface area contributed by atoms with Crippen molar-refractivity contribution in [2.24, 2.45) is 0 Å². The first-order valence-electron chi connectivity index (χ1n) is 22.6. The maximum atomic E-state index is 17.9. The van der Waals surface area contributed by atoms with Gasteiger partial charge in [-0.15, -0.1) is 0 Å². The van der Waals surface area contributed by atoms with E-state index in [4.69, 9.17) is 29.2 Å². The lowest BCUT2D eigenvalue weighted by atomic mass is 9.95. The van der Waals surface area contributed by atoms with Crippen molar-refractivity contribution in [3.8, 4) is 34.3 Å². The van der Waals surface area contributed by atoms with E-state index in [1.54, 1.807) is 0 Å². The molecular formula is C49H62F2N6O4S. The van der Waals surface area contributed by atoms with E-state index in [9.17, 15) is 9.18 Å². The van der Waals surface area contributed by atoms with E-state index >= 15 is 4.39 Å². The molecule has 0 aliphatic carbocycles. The summed E-state index contributed by atoms with van der Waals surface area (Å²) in [5.41, 5.74) is 0.404. The Morgan fingerprint density at radius 1 is 1.00 bits per heavy atom. The van der Waals surface area contributed by atoms with Crippen LogP contribution < -0.4 is 14.4 Å². The average molecular weight is 869 g/mol. The van der Waals surface area contributed by atoms with Gasteiger partial charge in [-0.3, -0.25) is 9.80 Å². The summed E-state index contributed by atoms with van der Waals surface area (Å²) < 4.78 is 52.1. The van der Waals surface area contributed by atoms with E-state index in [0.29, 0.717) is 52.0 Å². The molecule has 4 aromatic rings. The monoisotopic (exact) mass is 868 g/mol. The summed E-state index contributed by atoms with van der Waals surface area (Å²) >= 11 is 0. The number of benzene rings is 2. The van der Waals surface area contributed by atoms with Crippen LogP contribution in [0.3, 0.4) is 0 Å². The van der Waals surface area contributed by atoms with E-state index in [0.717, 1.165) is 48.6 Å². The Morgan fingerprint density at radius 2 is 1.73 bits per heavy atom. The molecule has 0 N–H and O–H groups in total. The number of pyridine rings is 1. The Morgan fingerprint density at radius 3 is 2.44 bits per heavy atom. The molecule has 2 aromatic carbocycles. The topological polar surface area (TPSA) is 93.2 Å². The van der Waals surface area contributed by atoms with E-state index in [1.165, 1.54) is 0 Å². The van der Waals surface area contributed by atoms with Crippen LogP contribution in [0.25, 0.3) is 32.9 Å². The number of nitrogens with zero attached hydrogens (tertiary/aromatic N) is 6. The van der Waals surface area contributed by atoms with Crippen molar-refractivity contribution in [3.63, 3.8) is 0 Å². The predicted octanol–water partition coefficient (Wildman–Crippen LogP) is 10.0. The second kappa shape index (κ2) is 15.7. The fraction of sp³-hybridized carbons (Fsp3) is 0.592. The van der Waals surface area contributed by atoms with E-state index in [-0.39, 0.29) is 53.9 Å². The second-order valence-corrected chi connectivity index (χ2v) is 24.5. The van der Waals surface area contributed by atoms with Gasteiger partial charge in [-0.1, -0.05) is 77.8 Å². The standard InChI is InChI=1S/C49H62F2N6O4S/c1-28(2)62(29(3)4,30(5)6)23-20-33-15-11-14-32-16-12-17-36(38(32)33)41-40(51)42-39-44(54-46(53-42)59-27-49-21-13-22-55(49)25-34(50)24-49)56-26-35-18-19-37(43(56)31(7)60-45(39)52-41)57(35)47(58)61-48(8,9)10/h11-12,14-17,28-31,34-35,37,43H,13,18-19,21-22,24-27H2,1-10H3/t31?,34-,35-,37+,43?,49+/m1/s1. The normalized spacial score (nSPS) is 26.1. The van der Waals surface area contributed by atoms with Crippen LogP contribution in [0.4, 0.5) is 19.4 Å². The molecule has 0 saturated carbocycles. The van der Waals surface area contributed by atoms with Crippen molar-refractivity contribution in [1.29, 1.82) is 0 Å². The Labute approximate surface area is 366 Å². The molecule has 332 valence electrons. The summed E-state index contributed by atoms with van der Waals surface area (Å²) in [5.74, 6) is 3.70. The van der Waals surface area contributed by atoms with Gasteiger partial charge in [0.2, 0.25) is 5.88 Å². The molecular weight excluding hydrogens is 807 g/mol. The van der Waals surface area contributed by atoms with Crippen LogP contribution in [0.1, 0.15) is 107 Å². The number of anilines is 1. The number of carbonyl (C=O) groups is 1. The molecule has 2 unspecified atom stereocenters. The number of hydrogen-bond donors (Lipinski definition) is 0. The molecule has 13 heteroatoms. The van der Waals surface area contributed by atoms with Crippen LogP contribution in [0.2, 0.25) is 0 Å². The number of carbonyl (C=O) groups excluding carboxylic acids is 1. The number of amides is 1. The van der Waals surface area contributed by atoms with Gasteiger partial charge in [0.15, 0.2) is 5.82 Å². The number of rotatable bonds is 7. The molecule has 5 aliphatic rings. The highest BCUT2D eigenvalue weighted by Gasteiger charge is 2.54. The van der Waals surface area contributed by atoms with Crippen molar-refractivity contribution in [2.45, 2.75) is 159 Å². The third-order valence-corrected chi connectivity index (χ3v) is 19.3. The van der Waals surface area contributed by atoms with Crippen molar-refractivity contribution in [3.05, 3.63) is 47.8 Å². The highest BCUT2D eigenvalue weighted by Crippen LogP contribution is 2.59. The molecule has 62 heavy (non-hydrogen) atoms. The van der Waals surface area contributed by atoms with Gasteiger partial charge in [0.25, 0.3) is 0 Å². The summed E-state index contributed by atoms with van der Waals surface area (Å²) in [6, 6.07) is 11.1. The predicted molar refractivity (Wildman–Crippen MR) is 245 cm³/mol. The van der Waals surface area contributed by atoms with Gasteiger partial charge >= 0.3 is 12.1 Å². The number of piperazine rings is 1. The van der Waals surface area contributed by atoms with Crippen LogP contribution in [-0.4, -0.2) is 114 Å². The van der Waals surface area contributed by atoms with E-state index in [2.05, 4.69) is 62.5 Å². The maximum Gasteiger partial charge on any atom is 0.410 e. The van der Waals surface area contributed by atoms with Crippen LogP contribution >= 0.6 is 10.0 Å². The molecule has 9 rings (SSSR count). The molecule has 4 saturated heterocycles. The van der Waals surface area contributed by atoms with Crippen LogP contribution in [-0.2, 0) is 4.74 Å². The molecule has 4 fully saturated rings. The Kier molecular flexibility index (Phi) is 10.8. The molecule has 7 heterocycles. The lowest BCUT2D eigenvalue weighted by molar-refractivity contribution is 0.000935. The van der Waals surface area contributed by atoms with Gasteiger partial charge in [0.05, 0.1) is 23.7 Å². The van der Waals surface area contributed by atoms with Crippen LogP contribution in [0, 0.1) is 17.0 Å². The largest absolute Gasteiger partial charge is 0.472 e. The maximum absolute atomic E-state index is 17.9. The molecule has 5 aliphatic heterocycles. The first-order chi connectivity index (χ1) is 29.4. The smallest absolute Gasteiger partial charge is 0.410 e. The molecule has 1 amide bonds. The van der Waals surface area contributed by atoms with Crippen molar-refractivity contribution in [2.75, 3.05) is 31.1 Å². The number of aromatic nitrogens is 3. The zero-order valence-electron chi connectivity index (χ0n) is 37.9. The lowest BCUT2D eigenvalue weighted by Gasteiger charge is -2.48. The van der Waals surface area contributed by atoms with Gasteiger partial charge in [-0.25, -0.2) is 18.6 Å². The van der Waals surface area contributed by atoms with E-state index in [1.807, 2.05) is 69.0 Å². The van der Waals surface area contributed by atoms with Crippen LogP contribution in [0.5, 0.6) is 11.9 Å². The second-order valence-electron chi connectivity index (χ2n) is 20.0. The molecule has 6 atom stereocenters. The first-order valence-corrected chi connectivity index (χ1v) is 24.5. The highest BCUT2D eigenvalue weighted by atomic mass is 32.3. The van der Waals surface area contributed by atoms with Gasteiger partial charge in [0.1, 0.15) is 46.9 Å². The number of halogens is 2. The van der Waals surface area contributed by atoms with Crippen molar-refractivity contribution < 1.29 is 27.8 Å². The molecule has 0 radical (unpaired) electrons. The summed E-state index contributed by atoms with van der Waals surface area (Å²) in [7, 11) is -1.37. The Balaban J connectivity index is 1.21. The van der Waals surface area contributed by atoms with Crippen LogP contribution in [0.15, 0.2) is 36.4 Å². The summed E-state index contributed by atoms with van der Waals surface area (Å²) in [6.45, 7) is 23.1. The highest BCUT2D eigenvalue weighted by molar-refractivity contribution is 8.38. The SMILES string of the molecule is CC1Oc2nc(-c3cccc4cccc(C#CS(C(C)C)(C(C)C)C(C)C)c34)c(F)c3nc(OC[C@@]45CCCN4C[C@H](F)C5)nc(c23)N2C[C@H]3CC[C@@H](C12)N3C(=O)OC(C)(C)C. The third-order valence-electron chi connectivity index (χ3n) is 14.2.